The maximum Gasteiger partial charge on any atom is 0.310 e. The third kappa shape index (κ3) is 1.07. The molecular formula is C10H11IO4. The summed E-state index contributed by atoms with van der Waals surface area (Å²) in [5, 5.41) is 9.33. The van der Waals surface area contributed by atoms with Crippen molar-refractivity contribution in [2.75, 3.05) is 0 Å². The SMILES string of the molecule is O=C1C[C@@]2(C(=O)O)C[C@H]3C[C@H]2[C@H](O1)[C@@H]3I. The lowest BCUT2D eigenvalue weighted by molar-refractivity contribution is -0.182. The van der Waals surface area contributed by atoms with Gasteiger partial charge in [0.15, 0.2) is 0 Å². The van der Waals surface area contributed by atoms with Crippen LogP contribution in [0.4, 0.5) is 0 Å². The zero-order valence-corrected chi connectivity index (χ0v) is 10.1. The lowest BCUT2D eigenvalue weighted by atomic mass is 9.68. The second kappa shape index (κ2) is 2.87. The van der Waals surface area contributed by atoms with Gasteiger partial charge in [0.25, 0.3) is 0 Å². The van der Waals surface area contributed by atoms with Crippen molar-refractivity contribution >= 4 is 34.5 Å². The number of carboxylic acid groups (broad SMARTS) is 1. The maximum atomic E-state index is 11.4. The molecule has 1 N–H and O–H groups in total. The van der Waals surface area contributed by atoms with E-state index in [-0.39, 0.29) is 24.4 Å². The Morgan fingerprint density at radius 2 is 2.33 bits per heavy atom. The van der Waals surface area contributed by atoms with E-state index in [0.717, 1.165) is 6.42 Å². The molecule has 1 heterocycles. The Morgan fingerprint density at radius 1 is 1.60 bits per heavy atom. The molecule has 5 atom stereocenters. The van der Waals surface area contributed by atoms with Crippen molar-refractivity contribution in [1.82, 2.24) is 0 Å². The Hall–Kier alpha value is -0.330. The molecule has 0 unspecified atom stereocenters. The first kappa shape index (κ1) is 9.86. The predicted molar refractivity (Wildman–Crippen MR) is 58.6 cm³/mol. The number of fused-ring (bicyclic) bond motifs is 1. The van der Waals surface area contributed by atoms with E-state index in [0.29, 0.717) is 16.3 Å². The molecule has 0 aromatic rings. The summed E-state index contributed by atoms with van der Waals surface area (Å²) in [5.74, 6) is -0.662. The highest BCUT2D eigenvalue weighted by Crippen LogP contribution is 2.62. The zero-order valence-electron chi connectivity index (χ0n) is 7.98. The number of carboxylic acids is 1. The van der Waals surface area contributed by atoms with Gasteiger partial charge in [0.05, 0.1) is 15.8 Å². The highest BCUT2D eigenvalue weighted by Gasteiger charge is 2.67. The highest BCUT2D eigenvalue weighted by atomic mass is 127. The molecule has 4 nitrogen and oxygen atoms in total. The van der Waals surface area contributed by atoms with Crippen LogP contribution in [0, 0.1) is 17.3 Å². The molecule has 3 rings (SSSR count). The van der Waals surface area contributed by atoms with E-state index in [2.05, 4.69) is 22.6 Å². The molecular weight excluding hydrogens is 311 g/mol. The molecule has 0 aromatic carbocycles. The normalized spacial score (nSPS) is 51.7. The molecule has 0 aromatic heterocycles. The van der Waals surface area contributed by atoms with Gasteiger partial charge in [0.2, 0.25) is 0 Å². The van der Waals surface area contributed by atoms with Crippen LogP contribution in [0.15, 0.2) is 0 Å². The quantitative estimate of drug-likeness (QED) is 0.448. The highest BCUT2D eigenvalue weighted by molar-refractivity contribution is 14.1. The second-order valence-corrected chi connectivity index (χ2v) is 6.28. The summed E-state index contributed by atoms with van der Waals surface area (Å²) >= 11 is 2.30. The van der Waals surface area contributed by atoms with Crippen molar-refractivity contribution in [3.05, 3.63) is 0 Å². The monoisotopic (exact) mass is 322 g/mol. The van der Waals surface area contributed by atoms with Crippen LogP contribution >= 0.6 is 22.6 Å². The van der Waals surface area contributed by atoms with Crippen LogP contribution < -0.4 is 0 Å². The third-order valence-electron chi connectivity index (χ3n) is 4.21. The van der Waals surface area contributed by atoms with Crippen LogP contribution in [-0.2, 0) is 14.3 Å². The smallest absolute Gasteiger partial charge is 0.310 e. The summed E-state index contributed by atoms with van der Waals surface area (Å²) in [6, 6.07) is 0. The summed E-state index contributed by atoms with van der Waals surface area (Å²) in [4.78, 5) is 22.8. The molecule has 0 amide bonds. The molecule has 1 aliphatic heterocycles. The van der Waals surface area contributed by atoms with Gasteiger partial charge in [-0.3, -0.25) is 9.59 Å². The Bertz CT molecular complexity index is 355. The Balaban J connectivity index is 2.04. The number of alkyl halides is 1. The zero-order chi connectivity index (χ0) is 10.8. The molecule has 82 valence electrons. The van der Waals surface area contributed by atoms with Crippen LogP contribution in [0.2, 0.25) is 0 Å². The molecule has 0 radical (unpaired) electrons. The molecule has 2 saturated carbocycles. The fourth-order valence-electron chi connectivity index (χ4n) is 3.56. The van der Waals surface area contributed by atoms with Gasteiger partial charge in [-0.15, -0.1) is 0 Å². The minimum Gasteiger partial charge on any atom is -0.481 e. The number of halogens is 1. The van der Waals surface area contributed by atoms with Crippen LogP contribution in [0.3, 0.4) is 0 Å². The summed E-state index contributed by atoms with van der Waals surface area (Å²) < 4.78 is 5.60. The van der Waals surface area contributed by atoms with Crippen LogP contribution in [0.5, 0.6) is 0 Å². The van der Waals surface area contributed by atoms with Gasteiger partial charge in [-0.25, -0.2) is 0 Å². The van der Waals surface area contributed by atoms with E-state index in [9.17, 15) is 14.7 Å². The van der Waals surface area contributed by atoms with Gasteiger partial charge in [0, 0.05) is 5.92 Å². The summed E-state index contributed by atoms with van der Waals surface area (Å²) in [7, 11) is 0. The van der Waals surface area contributed by atoms with Crippen molar-refractivity contribution in [2.45, 2.75) is 29.3 Å². The minimum absolute atomic E-state index is 0.0552. The van der Waals surface area contributed by atoms with Crippen molar-refractivity contribution in [2.24, 2.45) is 17.3 Å². The van der Waals surface area contributed by atoms with Crippen LogP contribution in [0.25, 0.3) is 0 Å². The van der Waals surface area contributed by atoms with Gasteiger partial charge < -0.3 is 9.84 Å². The predicted octanol–water partition coefficient (Wildman–Crippen LogP) is 1.22. The first-order valence-electron chi connectivity index (χ1n) is 5.11. The molecule has 3 fully saturated rings. The standard InChI is InChI=1S/C10H11IO4/c11-7-4-1-5-8(7)15-6(12)3-10(5,2-4)9(13)14/h4-5,7-8H,1-3H2,(H,13,14)/t4-,5+,7-,8+,10+/m1/s1. The summed E-state index contributed by atoms with van der Waals surface area (Å²) in [5.41, 5.74) is -0.799. The third-order valence-corrected chi connectivity index (χ3v) is 5.93. The van der Waals surface area contributed by atoms with Crippen molar-refractivity contribution in [3.8, 4) is 0 Å². The second-order valence-electron chi connectivity index (χ2n) is 4.84. The number of carbonyl (C=O) groups excluding carboxylic acids is 1. The minimum atomic E-state index is -0.806. The largest absolute Gasteiger partial charge is 0.481 e. The molecule has 2 aliphatic carbocycles. The Morgan fingerprint density at radius 3 is 2.93 bits per heavy atom. The average Bonchev–Trinajstić information content (AvgIpc) is 2.66. The lowest BCUT2D eigenvalue weighted by Gasteiger charge is -2.43. The van der Waals surface area contributed by atoms with E-state index in [1.54, 1.807) is 0 Å². The fraction of sp³-hybridized carbons (Fsp3) is 0.800. The molecule has 3 aliphatic rings. The number of aliphatic carboxylic acids is 1. The van der Waals surface area contributed by atoms with E-state index in [4.69, 9.17) is 4.74 Å². The maximum absolute atomic E-state index is 11.4. The van der Waals surface area contributed by atoms with Gasteiger partial charge >= 0.3 is 11.9 Å². The lowest BCUT2D eigenvalue weighted by Crippen LogP contribution is -2.53. The van der Waals surface area contributed by atoms with Gasteiger partial charge in [-0.1, -0.05) is 22.6 Å². The van der Waals surface area contributed by atoms with Crippen molar-refractivity contribution in [3.63, 3.8) is 0 Å². The van der Waals surface area contributed by atoms with Crippen LogP contribution in [-0.4, -0.2) is 27.1 Å². The van der Waals surface area contributed by atoms with Gasteiger partial charge in [0.1, 0.15) is 6.10 Å². The number of hydrogen-bond donors (Lipinski definition) is 1. The number of rotatable bonds is 1. The molecule has 5 heteroatoms. The molecule has 1 saturated heterocycles. The molecule has 0 spiro atoms. The Labute approximate surface area is 100 Å². The number of hydrogen-bond acceptors (Lipinski definition) is 3. The Kier molecular flexibility index (Phi) is 1.88. The topological polar surface area (TPSA) is 63.6 Å². The van der Waals surface area contributed by atoms with E-state index in [1.165, 1.54) is 0 Å². The number of esters is 1. The van der Waals surface area contributed by atoms with Crippen molar-refractivity contribution in [1.29, 1.82) is 0 Å². The molecule has 15 heavy (non-hydrogen) atoms. The molecule has 2 bridgehead atoms. The first-order valence-corrected chi connectivity index (χ1v) is 6.36. The summed E-state index contributed by atoms with van der Waals surface area (Å²) in [6.07, 6.45) is 1.50. The van der Waals surface area contributed by atoms with E-state index in [1.807, 2.05) is 0 Å². The van der Waals surface area contributed by atoms with E-state index < -0.39 is 11.4 Å². The van der Waals surface area contributed by atoms with Gasteiger partial charge in [-0.2, -0.15) is 0 Å². The fourth-order valence-corrected chi connectivity index (χ4v) is 4.75. The first-order chi connectivity index (χ1) is 7.04. The number of ether oxygens (including phenoxy) is 1. The number of carbonyl (C=O) groups is 2. The summed E-state index contributed by atoms with van der Waals surface area (Å²) in [6.45, 7) is 0. The van der Waals surface area contributed by atoms with Gasteiger partial charge in [-0.05, 0) is 18.8 Å². The average molecular weight is 322 g/mol. The van der Waals surface area contributed by atoms with Crippen molar-refractivity contribution < 1.29 is 19.4 Å². The van der Waals surface area contributed by atoms with Crippen LogP contribution in [0.1, 0.15) is 19.3 Å². The van der Waals surface area contributed by atoms with E-state index >= 15 is 0 Å².